The lowest BCUT2D eigenvalue weighted by Gasteiger charge is -2.25. The van der Waals surface area contributed by atoms with Crippen molar-refractivity contribution in [2.45, 2.75) is 34.2 Å². The van der Waals surface area contributed by atoms with Gasteiger partial charge in [0, 0.05) is 26.7 Å². The van der Waals surface area contributed by atoms with Gasteiger partial charge >= 0.3 is 0 Å². The van der Waals surface area contributed by atoms with E-state index in [-0.39, 0.29) is 0 Å². The Kier molecular flexibility index (Phi) is 6.05. The average molecular weight is 250 g/mol. The number of aromatic nitrogens is 2. The van der Waals surface area contributed by atoms with Gasteiger partial charge in [-0.05, 0) is 11.8 Å². The lowest BCUT2D eigenvalue weighted by molar-refractivity contribution is 0.209. The minimum atomic E-state index is 0.674. The molecule has 0 bridgehead atoms. The topological polar surface area (TPSA) is 41.1 Å². The van der Waals surface area contributed by atoms with Gasteiger partial charge in [0.15, 0.2) is 0 Å². The molecule has 1 N–H and O–H groups in total. The van der Waals surface area contributed by atoms with Crippen LogP contribution in [-0.2, 0) is 6.54 Å². The Morgan fingerprint density at radius 3 is 2.06 bits per heavy atom. The average Bonchev–Trinajstić information content (AvgIpc) is 2.28. The fourth-order valence-corrected chi connectivity index (χ4v) is 2.03. The summed E-state index contributed by atoms with van der Waals surface area (Å²) in [4.78, 5) is 11.2. The quantitative estimate of drug-likeness (QED) is 0.807. The third-order valence-corrected chi connectivity index (χ3v) is 2.59. The van der Waals surface area contributed by atoms with E-state index in [4.69, 9.17) is 0 Å². The number of nitrogens with one attached hydrogen (secondary N) is 1. The highest BCUT2D eigenvalue weighted by Crippen LogP contribution is 2.09. The van der Waals surface area contributed by atoms with Crippen LogP contribution in [0.1, 0.15) is 33.4 Å². The molecule has 0 saturated carbocycles. The third kappa shape index (κ3) is 5.45. The Labute approximate surface area is 111 Å². The summed E-state index contributed by atoms with van der Waals surface area (Å²) < 4.78 is 0. The predicted octanol–water partition coefficient (Wildman–Crippen LogP) is 2.63. The van der Waals surface area contributed by atoms with Crippen LogP contribution in [0.2, 0.25) is 0 Å². The van der Waals surface area contributed by atoms with Crippen LogP contribution in [0, 0.1) is 11.8 Å². The van der Waals surface area contributed by atoms with Crippen molar-refractivity contribution in [3.8, 4) is 0 Å². The van der Waals surface area contributed by atoms with Crippen LogP contribution in [0.3, 0.4) is 0 Å². The highest BCUT2D eigenvalue weighted by atomic mass is 15.1. The van der Waals surface area contributed by atoms with Crippen LogP contribution in [0.25, 0.3) is 0 Å². The number of hydrogen-bond donors (Lipinski definition) is 1. The molecule has 102 valence electrons. The standard InChI is InChI=1S/C14H26N4/c1-11(2)8-18(9-12(3)4)10-13-6-17-14(15-5)7-16-13/h6-7,11-12H,8-10H2,1-5H3,(H,15,17). The first-order valence-electron chi connectivity index (χ1n) is 6.72. The minimum absolute atomic E-state index is 0.674. The van der Waals surface area contributed by atoms with Gasteiger partial charge in [-0.2, -0.15) is 0 Å². The maximum Gasteiger partial charge on any atom is 0.144 e. The zero-order valence-electron chi connectivity index (χ0n) is 12.3. The van der Waals surface area contributed by atoms with Crippen molar-refractivity contribution < 1.29 is 0 Å². The van der Waals surface area contributed by atoms with Crippen molar-refractivity contribution in [2.75, 3.05) is 25.5 Å². The van der Waals surface area contributed by atoms with E-state index < -0.39 is 0 Å². The maximum absolute atomic E-state index is 4.44. The maximum atomic E-state index is 4.44. The second kappa shape index (κ2) is 7.31. The molecule has 1 aromatic rings. The van der Waals surface area contributed by atoms with E-state index in [1.165, 1.54) is 0 Å². The molecule has 0 amide bonds. The number of rotatable bonds is 7. The zero-order chi connectivity index (χ0) is 13.5. The summed E-state index contributed by atoms with van der Waals surface area (Å²) in [5.41, 5.74) is 1.04. The van der Waals surface area contributed by atoms with Gasteiger partial charge in [-0.25, -0.2) is 4.98 Å². The molecule has 0 spiro atoms. The van der Waals surface area contributed by atoms with Gasteiger partial charge in [0.25, 0.3) is 0 Å². The van der Waals surface area contributed by atoms with Crippen molar-refractivity contribution in [2.24, 2.45) is 11.8 Å². The van der Waals surface area contributed by atoms with Gasteiger partial charge in [0.1, 0.15) is 5.82 Å². The highest BCUT2D eigenvalue weighted by Gasteiger charge is 2.11. The lowest BCUT2D eigenvalue weighted by atomic mass is 10.1. The van der Waals surface area contributed by atoms with Gasteiger partial charge in [0.05, 0.1) is 18.1 Å². The molecule has 0 aliphatic heterocycles. The van der Waals surface area contributed by atoms with E-state index in [9.17, 15) is 0 Å². The van der Waals surface area contributed by atoms with E-state index in [2.05, 4.69) is 47.9 Å². The van der Waals surface area contributed by atoms with E-state index in [1.807, 2.05) is 13.2 Å². The monoisotopic (exact) mass is 250 g/mol. The van der Waals surface area contributed by atoms with Crippen LogP contribution in [0.15, 0.2) is 12.4 Å². The van der Waals surface area contributed by atoms with E-state index >= 15 is 0 Å². The molecule has 0 unspecified atom stereocenters. The van der Waals surface area contributed by atoms with Crippen molar-refractivity contribution in [3.63, 3.8) is 0 Å². The normalized spacial score (nSPS) is 11.6. The lowest BCUT2D eigenvalue weighted by Crippen LogP contribution is -2.31. The van der Waals surface area contributed by atoms with Crippen LogP contribution in [-0.4, -0.2) is 35.0 Å². The zero-order valence-corrected chi connectivity index (χ0v) is 12.3. The molecule has 0 radical (unpaired) electrons. The number of anilines is 1. The van der Waals surface area contributed by atoms with Crippen molar-refractivity contribution in [3.05, 3.63) is 18.1 Å². The molecule has 0 atom stereocenters. The van der Waals surface area contributed by atoms with Crippen LogP contribution in [0.4, 0.5) is 5.82 Å². The smallest absolute Gasteiger partial charge is 0.144 e. The molecule has 0 aliphatic rings. The summed E-state index contributed by atoms with van der Waals surface area (Å²) >= 11 is 0. The summed E-state index contributed by atoms with van der Waals surface area (Å²) in [6.07, 6.45) is 3.65. The Bertz CT molecular complexity index is 322. The van der Waals surface area contributed by atoms with Gasteiger partial charge < -0.3 is 5.32 Å². The van der Waals surface area contributed by atoms with Crippen molar-refractivity contribution >= 4 is 5.82 Å². The number of nitrogens with zero attached hydrogens (tertiary/aromatic N) is 3. The molecule has 0 aliphatic carbocycles. The highest BCUT2D eigenvalue weighted by molar-refractivity contribution is 5.29. The van der Waals surface area contributed by atoms with Crippen LogP contribution in [0.5, 0.6) is 0 Å². The van der Waals surface area contributed by atoms with E-state index in [0.29, 0.717) is 11.8 Å². The van der Waals surface area contributed by atoms with Crippen LogP contribution >= 0.6 is 0 Å². The predicted molar refractivity (Wildman–Crippen MR) is 76.5 cm³/mol. The fraction of sp³-hybridized carbons (Fsp3) is 0.714. The van der Waals surface area contributed by atoms with E-state index in [1.54, 1.807) is 6.20 Å². The first-order chi connectivity index (χ1) is 8.51. The Morgan fingerprint density at radius 2 is 1.67 bits per heavy atom. The molecule has 1 rings (SSSR count). The second-order valence-corrected chi connectivity index (χ2v) is 5.62. The summed E-state index contributed by atoms with van der Waals surface area (Å²) in [5, 5.41) is 2.98. The molecule has 0 aromatic carbocycles. The summed E-state index contributed by atoms with van der Waals surface area (Å²) in [6.45, 7) is 12.1. The Balaban J connectivity index is 2.62. The molecule has 18 heavy (non-hydrogen) atoms. The minimum Gasteiger partial charge on any atom is -0.372 e. The summed E-state index contributed by atoms with van der Waals surface area (Å²) in [5.74, 6) is 2.17. The molecule has 4 heteroatoms. The molecular formula is C14H26N4. The molecule has 0 saturated heterocycles. The second-order valence-electron chi connectivity index (χ2n) is 5.62. The number of hydrogen-bond acceptors (Lipinski definition) is 4. The molecule has 4 nitrogen and oxygen atoms in total. The first kappa shape index (κ1) is 14.9. The van der Waals surface area contributed by atoms with Gasteiger partial charge in [-0.1, -0.05) is 27.7 Å². The van der Waals surface area contributed by atoms with E-state index in [0.717, 1.165) is 31.1 Å². The molecule has 1 heterocycles. The fourth-order valence-electron chi connectivity index (χ4n) is 2.03. The molecule has 1 aromatic heterocycles. The van der Waals surface area contributed by atoms with Crippen molar-refractivity contribution in [1.82, 2.24) is 14.9 Å². The molecular weight excluding hydrogens is 224 g/mol. The SMILES string of the molecule is CNc1cnc(CN(CC(C)C)CC(C)C)cn1. The Morgan fingerprint density at radius 1 is 1.06 bits per heavy atom. The van der Waals surface area contributed by atoms with Gasteiger partial charge in [0.2, 0.25) is 0 Å². The third-order valence-electron chi connectivity index (χ3n) is 2.59. The Hall–Kier alpha value is -1.16. The summed E-state index contributed by atoms with van der Waals surface area (Å²) in [6, 6.07) is 0. The molecule has 0 fully saturated rings. The van der Waals surface area contributed by atoms with Crippen molar-refractivity contribution in [1.29, 1.82) is 0 Å². The van der Waals surface area contributed by atoms with Gasteiger partial charge in [-0.15, -0.1) is 0 Å². The first-order valence-corrected chi connectivity index (χ1v) is 6.72. The summed E-state index contributed by atoms with van der Waals surface area (Å²) in [7, 11) is 1.85. The van der Waals surface area contributed by atoms with Gasteiger partial charge in [-0.3, -0.25) is 9.88 Å². The van der Waals surface area contributed by atoms with Crippen LogP contribution < -0.4 is 5.32 Å². The largest absolute Gasteiger partial charge is 0.372 e.